The molecule has 0 spiro atoms. The lowest BCUT2D eigenvalue weighted by atomic mass is 10.2. The summed E-state index contributed by atoms with van der Waals surface area (Å²) in [6, 6.07) is 22.3. The molecule has 25 heavy (non-hydrogen) atoms. The highest BCUT2D eigenvalue weighted by molar-refractivity contribution is 7.10. The van der Waals surface area contributed by atoms with Crippen molar-refractivity contribution in [3.63, 3.8) is 0 Å². The summed E-state index contributed by atoms with van der Waals surface area (Å²) in [6.45, 7) is 1.14. The van der Waals surface area contributed by atoms with Crippen LogP contribution < -0.4 is 10.3 Å². The third kappa shape index (κ3) is 3.04. The van der Waals surface area contributed by atoms with Crippen LogP contribution >= 0.6 is 11.3 Å². The number of imidazole rings is 1. The van der Waals surface area contributed by atoms with Crippen LogP contribution in [0.5, 0.6) is 0 Å². The van der Waals surface area contributed by atoms with E-state index in [1.807, 2.05) is 58.5 Å². The second-order valence-corrected chi connectivity index (χ2v) is 7.04. The van der Waals surface area contributed by atoms with Gasteiger partial charge in [0.2, 0.25) is 0 Å². The molecule has 0 radical (unpaired) electrons. The van der Waals surface area contributed by atoms with Gasteiger partial charge in [0.15, 0.2) is 0 Å². The first-order valence-electron chi connectivity index (χ1n) is 8.26. The van der Waals surface area contributed by atoms with Crippen LogP contribution in [0.4, 0.5) is 5.95 Å². The number of fused-ring (bicyclic) bond motifs is 1. The Bertz CT molecular complexity index is 977. The first-order chi connectivity index (χ1) is 12.2. The summed E-state index contributed by atoms with van der Waals surface area (Å²) in [4.78, 5) is 0.951. The van der Waals surface area contributed by atoms with E-state index < -0.39 is 6.10 Å². The molecule has 1 atom stereocenters. The van der Waals surface area contributed by atoms with Crippen molar-refractivity contribution >= 4 is 28.3 Å². The van der Waals surface area contributed by atoms with Crippen LogP contribution in [0.1, 0.15) is 16.5 Å². The summed E-state index contributed by atoms with van der Waals surface area (Å²) in [5.74, 6) is 0.653. The van der Waals surface area contributed by atoms with Gasteiger partial charge in [-0.05, 0) is 29.1 Å². The summed E-state index contributed by atoms with van der Waals surface area (Å²) in [5.41, 5.74) is 9.78. The highest BCUT2D eigenvalue weighted by Crippen LogP contribution is 2.24. The number of aliphatic hydroxyl groups excluding tert-OH is 1. The minimum absolute atomic E-state index is 0.439. The summed E-state index contributed by atoms with van der Waals surface area (Å²) < 4.78 is 4.11. The molecule has 0 aliphatic heterocycles. The van der Waals surface area contributed by atoms with E-state index in [0.29, 0.717) is 19.0 Å². The molecule has 4 rings (SSSR count). The van der Waals surface area contributed by atoms with E-state index in [9.17, 15) is 5.11 Å². The number of nitrogens with two attached hydrogens (primary N) is 1. The van der Waals surface area contributed by atoms with Crippen molar-refractivity contribution in [1.29, 1.82) is 0 Å². The molecule has 2 aromatic heterocycles. The first-order valence-corrected chi connectivity index (χ1v) is 9.14. The topological polar surface area (TPSA) is 55.1 Å². The zero-order valence-corrected chi connectivity index (χ0v) is 14.6. The lowest BCUT2D eigenvalue weighted by Gasteiger charge is -2.08. The predicted molar refractivity (Wildman–Crippen MR) is 101 cm³/mol. The Balaban J connectivity index is 1.76. The minimum atomic E-state index is -0.566. The maximum Gasteiger partial charge on any atom is 0.356 e. The molecule has 5 heteroatoms. The van der Waals surface area contributed by atoms with Gasteiger partial charge in [-0.25, -0.2) is 9.13 Å². The minimum Gasteiger partial charge on any atom is -0.384 e. The number of aliphatic hydroxyl groups is 1. The Kier molecular flexibility index (Phi) is 4.26. The van der Waals surface area contributed by atoms with Crippen LogP contribution in [0.2, 0.25) is 0 Å². The maximum absolute atomic E-state index is 10.6. The van der Waals surface area contributed by atoms with Crippen molar-refractivity contribution in [2.45, 2.75) is 19.2 Å². The monoisotopic (exact) mass is 350 g/mol. The van der Waals surface area contributed by atoms with Gasteiger partial charge in [-0.1, -0.05) is 48.5 Å². The van der Waals surface area contributed by atoms with Crippen LogP contribution in [0.15, 0.2) is 72.1 Å². The molecule has 0 aliphatic rings. The smallest absolute Gasteiger partial charge is 0.356 e. The number of rotatable bonds is 5. The molecular weight excluding hydrogens is 330 g/mol. The van der Waals surface area contributed by atoms with Gasteiger partial charge in [-0.2, -0.15) is 0 Å². The Labute approximate surface area is 150 Å². The second-order valence-electron chi connectivity index (χ2n) is 6.06. The fourth-order valence-corrected chi connectivity index (χ4v) is 3.88. The van der Waals surface area contributed by atoms with Gasteiger partial charge in [0.05, 0.1) is 6.54 Å². The summed E-state index contributed by atoms with van der Waals surface area (Å²) in [6.07, 6.45) is -0.566. The van der Waals surface area contributed by atoms with Crippen molar-refractivity contribution in [1.82, 2.24) is 4.57 Å². The average Bonchev–Trinajstić information content (AvgIpc) is 3.26. The van der Waals surface area contributed by atoms with Crippen LogP contribution in [-0.4, -0.2) is 9.67 Å². The van der Waals surface area contributed by atoms with E-state index in [-0.39, 0.29) is 0 Å². The fraction of sp³-hybridized carbons (Fsp3) is 0.150. The van der Waals surface area contributed by atoms with Gasteiger partial charge in [0, 0.05) is 4.88 Å². The Morgan fingerprint density at radius 3 is 2.52 bits per heavy atom. The molecule has 2 heterocycles. The van der Waals surface area contributed by atoms with Crippen LogP contribution in [-0.2, 0) is 13.1 Å². The number of hydrogen-bond acceptors (Lipinski definition) is 3. The van der Waals surface area contributed by atoms with Gasteiger partial charge in [-0.15, -0.1) is 11.3 Å². The number of hydrogen-bond donors (Lipinski definition) is 2. The number of thiophene rings is 1. The van der Waals surface area contributed by atoms with Gasteiger partial charge in [0.1, 0.15) is 23.7 Å². The number of aromatic nitrogens is 2. The molecule has 2 aromatic carbocycles. The SMILES string of the molecule is Nc1n(CC(O)c2cccs2)c2ccccc2[n+]1Cc1ccccc1. The third-order valence-corrected chi connectivity index (χ3v) is 5.40. The molecule has 0 saturated heterocycles. The highest BCUT2D eigenvalue weighted by Gasteiger charge is 2.23. The second kappa shape index (κ2) is 6.70. The molecule has 4 nitrogen and oxygen atoms in total. The zero-order valence-electron chi connectivity index (χ0n) is 13.7. The molecular formula is C20H20N3OS+. The molecule has 0 amide bonds. The lowest BCUT2D eigenvalue weighted by molar-refractivity contribution is -0.648. The van der Waals surface area contributed by atoms with Crippen molar-refractivity contribution in [3.8, 4) is 0 Å². The lowest BCUT2D eigenvalue weighted by Crippen LogP contribution is -2.37. The number of benzene rings is 2. The van der Waals surface area contributed by atoms with E-state index in [0.717, 1.165) is 15.9 Å². The standard InChI is InChI=1S/C20H19N3OS/c21-20-22(13-15-7-2-1-3-8-15)16-9-4-5-10-17(16)23(20)14-18(24)19-11-6-12-25-19/h1-12,18,21,24H,13-14H2/p+1. The van der Waals surface area contributed by atoms with Crippen molar-refractivity contribution in [3.05, 3.63) is 82.6 Å². The first kappa shape index (κ1) is 15.9. The molecule has 1 unspecified atom stereocenters. The average molecular weight is 350 g/mol. The summed E-state index contributed by atoms with van der Waals surface area (Å²) in [7, 11) is 0. The van der Waals surface area contributed by atoms with E-state index in [2.05, 4.69) is 22.8 Å². The van der Waals surface area contributed by atoms with Crippen molar-refractivity contribution in [2.75, 3.05) is 5.73 Å². The molecule has 0 fully saturated rings. The quantitative estimate of drug-likeness (QED) is 0.542. The molecule has 3 N–H and O–H groups in total. The van der Waals surface area contributed by atoms with Crippen molar-refractivity contribution in [2.24, 2.45) is 0 Å². The fourth-order valence-electron chi connectivity index (χ4n) is 3.18. The van der Waals surface area contributed by atoms with Crippen LogP contribution in [0.3, 0.4) is 0 Å². The van der Waals surface area contributed by atoms with Gasteiger partial charge >= 0.3 is 5.95 Å². The maximum atomic E-state index is 10.6. The van der Waals surface area contributed by atoms with Gasteiger partial charge in [-0.3, -0.25) is 5.73 Å². The molecule has 0 bridgehead atoms. The molecule has 0 aliphatic carbocycles. The van der Waals surface area contributed by atoms with E-state index in [1.54, 1.807) is 11.3 Å². The summed E-state index contributed by atoms with van der Waals surface area (Å²) >= 11 is 1.56. The Hall–Kier alpha value is -2.63. The number of para-hydroxylation sites is 2. The number of nitrogens with zero attached hydrogens (tertiary/aromatic N) is 2. The Morgan fingerprint density at radius 1 is 1.00 bits per heavy atom. The number of anilines is 1. The van der Waals surface area contributed by atoms with Gasteiger partial charge < -0.3 is 5.11 Å². The van der Waals surface area contributed by atoms with Crippen LogP contribution in [0, 0.1) is 0 Å². The largest absolute Gasteiger partial charge is 0.384 e. The predicted octanol–water partition coefficient (Wildman–Crippen LogP) is 3.35. The van der Waals surface area contributed by atoms with E-state index in [1.165, 1.54) is 5.56 Å². The number of nitrogen functional groups attached to an aromatic ring is 1. The molecule has 0 saturated carbocycles. The summed E-state index contributed by atoms with van der Waals surface area (Å²) in [5, 5.41) is 12.5. The van der Waals surface area contributed by atoms with E-state index >= 15 is 0 Å². The highest BCUT2D eigenvalue weighted by atomic mass is 32.1. The van der Waals surface area contributed by atoms with Gasteiger partial charge in [0.25, 0.3) is 0 Å². The van der Waals surface area contributed by atoms with Crippen LogP contribution in [0.25, 0.3) is 11.0 Å². The normalized spacial score (nSPS) is 12.5. The van der Waals surface area contributed by atoms with Crippen molar-refractivity contribution < 1.29 is 9.67 Å². The molecule has 126 valence electrons. The van der Waals surface area contributed by atoms with E-state index in [4.69, 9.17) is 5.73 Å². The molecule has 4 aromatic rings. The Morgan fingerprint density at radius 2 is 1.76 bits per heavy atom. The zero-order chi connectivity index (χ0) is 17.2. The third-order valence-electron chi connectivity index (χ3n) is 4.43.